The van der Waals surface area contributed by atoms with Crippen molar-refractivity contribution >= 4 is 21.7 Å². The number of carboxylic acids is 1. The summed E-state index contributed by atoms with van der Waals surface area (Å²) in [7, 11) is -3.59. The van der Waals surface area contributed by atoms with Crippen LogP contribution in [0, 0.1) is 0 Å². The van der Waals surface area contributed by atoms with Gasteiger partial charge in [0.2, 0.25) is 0 Å². The minimum Gasteiger partial charge on any atom is -0.550 e. The largest absolute Gasteiger partial charge is 1.00 e. The van der Waals surface area contributed by atoms with Crippen LogP contribution in [0.4, 0.5) is 5.69 Å². The van der Waals surface area contributed by atoms with E-state index in [2.05, 4.69) is 4.72 Å². The maximum absolute atomic E-state index is 12.2. The molecule has 0 saturated heterocycles. The molecule has 0 bridgehead atoms. The van der Waals surface area contributed by atoms with Gasteiger partial charge in [-0.15, -0.1) is 0 Å². The number of carbonyl (C=O) groups is 1. The van der Waals surface area contributed by atoms with E-state index in [9.17, 15) is 18.3 Å². The first-order valence-corrected chi connectivity index (χ1v) is 8.32. The van der Waals surface area contributed by atoms with Crippen LogP contribution in [0.2, 0.25) is 0 Å². The second kappa shape index (κ2) is 9.08. The van der Waals surface area contributed by atoms with Crippen LogP contribution in [-0.4, -0.2) is 14.4 Å². The molecule has 0 radical (unpaired) electrons. The number of nitrogens with one attached hydrogen (secondary N) is 1. The molecule has 1 N–H and O–H groups in total. The van der Waals surface area contributed by atoms with Crippen molar-refractivity contribution in [3.63, 3.8) is 0 Å². The molecule has 7 heteroatoms. The quantitative estimate of drug-likeness (QED) is 0.625. The van der Waals surface area contributed by atoms with Crippen molar-refractivity contribution in [2.24, 2.45) is 0 Å². The molecule has 0 aliphatic carbocycles. The minimum atomic E-state index is -3.59. The van der Waals surface area contributed by atoms with Crippen molar-refractivity contribution in [1.29, 1.82) is 0 Å². The molecule has 2 aromatic carbocycles. The van der Waals surface area contributed by atoms with Crippen molar-refractivity contribution in [2.45, 2.75) is 24.2 Å². The zero-order chi connectivity index (χ0) is 16.0. The van der Waals surface area contributed by atoms with Crippen LogP contribution in [0.1, 0.15) is 18.4 Å². The third-order valence-electron chi connectivity index (χ3n) is 3.11. The van der Waals surface area contributed by atoms with Gasteiger partial charge in [-0.05, 0) is 49.1 Å². The van der Waals surface area contributed by atoms with Crippen LogP contribution in [0.15, 0.2) is 59.5 Å². The third-order valence-corrected chi connectivity index (χ3v) is 4.50. The molecule has 0 aliphatic heterocycles. The predicted octanol–water partition coefficient (Wildman–Crippen LogP) is -1.44. The zero-order valence-electron chi connectivity index (χ0n) is 12.9. The number of hydrogen-bond acceptors (Lipinski definition) is 4. The second-order valence-corrected chi connectivity index (χ2v) is 6.52. The summed E-state index contributed by atoms with van der Waals surface area (Å²) < 4.78 is 26.8. The molecule has 0 spiro atoms. The summed E-state index contributed by atoms with van der Waals surface area (Å²) in [6.07, 6.45) is 1.12. The number of benzene rings is 2. The fraction of sp³-hybridized carbons (Fsp3) is 0.188. The molecule has 0 aliphatic rings. The second-order valence-electron chi connectivity index (χ2n) is 4.84. The van der Waals surface area contributed by atoms with Gasteiger partial charge in [-0.2, -0.15) is 0 Å². The van der Waals surface area contributed by atoms with E-state index < -0.39 is 16.0 Å². The standard InChI is InChI=1S/C16H17NO4S.Na/c18-16(19)8-4-5-13-9-11-14(12-10-13)17-22(20,21)15-6-2-1-3-7-15;/h1-3,6-7,9-12,17H,4-5,8H2,(H,18,19);/q;+1/p-1. The van der Waals surface area contributed by atoms with Crippen molar-refractivity contribution < 1.29 is 47.9 Å². The third kappa shape index (κ3) is 6.35. The van der Waals surface area contributed by atoms with Crippen LogP contribution in [-0.2, 0) is 21.2 Å². The van der Waals surface area contributed by atoms with Gasteiger partial charge in [-0.3, -0.25) is 4.72 Å². The van der Waals surface area contributed by atoms with Gasteiger partial charge in [-0.1, -0.05) is 30.3 Å². The van der Waals surface area contributed by atoms with Crippen LogP contribution < -0.4 is 39.4 Å². The monoisotopic (exact) mass is 341 g/mol. The van der Waals surface area contributed by atoms with E-state index in [0.29, 0.717) is 18.5 Å². The fourth-order valence-corrected chi connectivity index (χ4v) is 3.07. The SMILES string of the molecule is O=C([O-])CCCc1ccc(NS(=O)(=O)c2ccccc2)cc1.[Na+]. The number of rotatable bonds is 7. The first-order chi connectivity index (χ1) is 10.5. The molecule has 23 heavy (non-hydrogen) atoms. The Kier molecular flexibility index (Phi) is 7.78. The van der Waals surface area contributed by atoms with Gasteiger partial charge in [0.25, 0.3) is 10.0 Å². The average Bonchev–Trinajstić information content (AvgIpc) is 2.49. The molecule has 2 rings (SSSR count). The molecule has 0 amide bonds. The van der Waals surface area contributed by atoms with E-state index in [-0.39, 0.29) is 40.9 Å². The number of anilines is 1. The molecule has 0 aromatic heterocycles. The van der Waals surface area contributed by atoms with E-state index in [1.807, 2.05) is 0 Å². The van der Waals surface area contributed by atoms with Crippen molar-refractivity contribution in [3.8, 4) is 0 Å². The van der Waals surface area contributed by atoms with Crippen molar-refractivity contribution in [2.75, 3.05) is 4.72 Å². The minimum absolute atomic E-state index is 0. The summed E-state index contributed by atoms with van der Waals surface area (Å²) in [5.74, 6) is -1.06. The molecule has 2 aromatic rings. The van der Waals surface area contributed by atoms with Gasteiger partial charge in [0.1, 0.15) is 0 Å². The summed E-state index contributed by atoms with van der Waals surface area (Å²) in [4.78, 5) is 10.5. The first kappa shape index (κ1) is 19.7. The fourth-order valence-electron chi connectivity index (χ4n) is 1.99. The van der Waals surface area contributed by atoms with E-state index >= 15 is 0 Å². The summed E-state index contributed by atoms with van der Waals surface area (Å²) in [6.45, 7) is 0. The number of carboxylic acid groups (broad SMARTS) is 1. The van der Waals surface area contributed by atoms with Crippen molar-refractivity contribution in [1.82, 2.24) is 0 Å². The summed E-state index contributed by atoms with van der Waals surface area (Å²) in [6, 6.07) is 15.0. The molecule has 0 fully saturated rings. The summed E-state index contributed by atoms with van der Waals surface area (Å²) in [5.41, 5.74) is 1.41. The van der Waals surface area contributed by atoms with E-state index in [1.165, 1.54) is 12.1 Å². The molecule has 116 valence electrons. The van der Waals surface area contributed by atoms with Gasteiger partial charge in [0, 0.05) is 11.7 Å². The number of hydrogen-bond donors (Lipinski definition) is 1. The topological polar surface area (TPSA) is 86.3 Å². The normalized spacial score (nSPS) is 10.6. The Bertz CT molecular complexity index is 730. The molecule has 0 unspecified atom stereocenters. The molecule has 0 atom stereocenters. The average molecular weight is 341 g/mol. The van der Waals surface area contributed by atoms with E-state index in [0.717, 1.165) is 5.56 Å². The number of aliphatic carboxylic acids is 1. The Labute approximate surface area is 158 Å². The van der Waals surface area contributed by atoms with Gasteiger partial charge in [0.15, 0.2) is 0 Å². The predicted molar refractivity (Wildman–Crippen MR) is 81.6 cm³/mol. The van der Waals surface area contributed by atoms with E-state index in [4.69, 9.17) is 0 Å². The Balaban J connectivity index is 0.00000264. The van der Waals surface area contributed by atoms with Crippen LogP contribution in [0.3, 0.4) is 0 Å². The van der Waals surface area contributed by atoms with Gasteiger partial charge in [0.05, 0.1) is 4.90 Å². The smallest absolute Gasteiger partial charge is 0.550 e. The number of aryl methyl sites for hydroxylation is 1. The summed E-state index contributed by atoms with van der Waals surface area (Å²) >= 11 is 0. The van der Waals surface area contributed by atoms with Crippen molar-refractivity contribution in [3.05, 3.63) is 60.2 Å². The van der Waals surface area contributed by atoms with Gasteiger partial charge < -0.3 is 9.90 Å². The molecular formula is C16H16NNaO4S. The van der Waals surface area contributed by atoms with Crippen LogP contribution in [0.5, 0.6) is 0 Å². The molecule has 0 saturated carbocycles. The zero-order valence-corrected chi connectivity index (χ0v) is 15.7. The Morgan fingerprint density at radius 2 is 1.61 bits per heavy atom. The molecule has 0 heterocycles. The first-order valence-electron chi connectivity index (χ1n) is 6.84. The summed E-state index contributed by atoms with van der Waals surface area (Å²) in [5, 5.41) is 10.3. The van der Waals surface area contributed by atoms with Crippen LogP contribution in [0.25, 0.3) is 0 Å². The molecule has 5 nitrogen and oxygen atoms in total. The number of carbonyl (C=O) groups excluding carboxylic acids is 1. The molecular weight excluding hydrogens is 325 g/mol. The van der Waals surface area contributed by atoms with Gasteiger partial charge >= 0.3 is 29.6 Å². The Morgan fingerprint density at radius 1 is 1.00 bits per heavy atom. The maximum atomic E-state index is 12.2. The van der Waals surface area contributed by atoms with Gasteiger partial charge in [-0.25, -0.2) is 8.42 Å². The van der Waals surface area contributed by atoms with E-state index in [1.54, 1.807) is 42.5 Å². The Morgan fingerprint density at radius 3 is 2.17 bits per heavy atom. The number of sulfonamides is 1. The van der Waals surface area contributed by atoms with Crippen LogP contribution >= 0.6 is 0 Å². The maximum Gasteiger partial charge on any atom is 1.00 e. The Hall–Kier alpha value is -1.34.